The Hall–Kier alpha value is 2.55. The third-order valence-corrected chi connectivity index (χ3v) is 1.79. The van der Waals surface area contributed by atoms with E-state index < -0.39 is 13.8 Å². The molecule has 0 saturated heterocycles. The first-order valence-corrected chi connectivity index (χ1v) is 5.86. The average molecular weight is 330 g/mol. The van der Waals surface area contributed by atoms with Crippen molar-refractivity contribution >= 4 is 13.8 Å². The molecule has 0 rings (SSSR count). The maximum atomic E-state index is 10.8. The van der Waals surface area contributed by atoms with Crippen LogP contribution in [-0.2, 0) is 23.4 Å². The minimum Gasteiger partial charge on any atom is -0.790 e. The van der Waals surface area contributed by atoms with Crippen molar-refractivity contribution in [2.45, 2.75) is 6.92 Å². The van der Waals surface area contributed by atoms with E-state index in [1.54, 1.807) is 0 Å². The van der Waals surface area contributed by atoms with Gasteiger partial charge in [0.2, 0.25) is 0 Å². The van der Waals surface area contributed by atoms with Crippen molar-refractivity contribution in [3.8, 4) is 0 Å². The van der Waals surface area contributed by atoms with Crippen LogP contribution in [0.25, 0.3) is 0 Å². The van der Waals surface area contributed by atoms with Crippen LogP contribution in [0.4, 0.5) is 0 Å². The minimum atomic E-state index is -4.93. The van der Waals surface area contributed by atoms with Gasteiger partial charge in [-0.2, -0.15) is 0 Å². The predicted octanol–water partition coefficient (Wildman–Crippen LogP) is -7.02. The Balaban J connectivity index is -0.00000112. The van der Waals surface area contributed by atoms with Gasteiger partial charge in [0, 0.05) is 5.57 Å². The molecule has 0 aromatic carbocycles. The Morgan fingerprint density at radius 2 is 1.67 bits per heavy atom. The minimum absolute atomic E-state index is 0. The van der Waals surface area contributed by atoms with Gasteiger partial charge in [0.15, 0.2) is 0 Å². The van der Waals surface area contributed by atoms with Crippen molar-refractivity contribution in [1.29, 1.82) is 0 Å². The van der Waals surface area contributed by atoms with E-state index in [0.717, 1.165) is 0 Å². The van der Waals surface area contributed by atoms with Crippen LogP contribution < -0.4 is 113 Å². The van der Waals surface area contributed by atoms with E-state index in [9.17, 15) is 19.1 Å². The number of ether oxygens (including phenoxy) is 2. The molecule has 0 atom stereocenters. The van der Waals surface area contributed by atoms with Gasteiger partial charge in [0.25, 0.3) is 0 Å². The molecule has 0 heterocycles. The van der Waals surface area contributed by atoms with Crippen molar-refractivity contribution in [3.05, 3.63) is 12.2 Å². The maximum Gasteiger partial charge on any atom is 1.00 e. The number of hydrogen-bond acceptors (Lipinski definition) is 7. The first kappa shape index (κ1) is 25.5. The number of phosphoric ester groups is 1. The summed E-state index contributed by atoms with van der Waals surface area (Å²) in [7, 11) is -4.93. The van der Waals surface area contributed by atoms with E-state index in [4.69, 9.17) is 4.74 Å². The summed E-state index contributed by atoms with van der Waals surface area (Å²) < 4.78 is 23.4. The van der Waals surface area contributed by atoms with Gasteiger partial charge in [-0.1, -0.05) is 6.58 Å². The summed E-state index contributed by atoms with van der Waals surface area (Å²) in [5.74, 6) is -0.525. The Morgan fingerprint density at radius 1 is 1.17 bits per heavy atom. The summed E-state index contributed by atoms with van der Waals surface area (Å²) in [4.78, 5) is 30.8. The average Bonchev–Trinajstić information content (AvgIpc) is 2.14. The molecule has 0 aliphatic carbocycles. The number of esters is 1. The molecule has 0 bridgehead atoms. The molecule has 0 fully saturated rings. The van der Waals surface area contributed by atoms with Crippen LogP contribution in [0.15, 0.2) is 12.2 Å². The molecule has 0 amide bonds. The first-order valence-electron chi connectivity index (χ1n) is 4.40. The zero-order valence-corrected chi connectivity index (χ0v) is 18.0. The SMILES string of the molecule is C=C(C)C(=O)OCCOCCOP(=O)([O-])[O-].[K+].[K+]. The molecular weight excluding hydrogens is 317 g/mol. The molecule has 0 spiro atoms. The summed E-state index contributed by atoms with van der Waals surface area (Å²) in [6.45, 7) is 4.58. The van der Waals surface area contributed by atoms with Crippen LogP contribution in [0.2, 0.25) is 0 Å². The molecule has 0 radical (unpaired) electrons. The zero-order chi connectivity index (χ0) is 12.6. The summed E-state index contributed by atoms with van der Waals surface area (Å²) >= 11 is 0. The molecule has 0 unspecified atom stereocenters. The van der Waals surface area contributed by atoms with E-state index in [-0.39, 0.29) is 135 Å². The van der Waals surface area contributed by atoms with Gasteiger partial charge in [-0.25, -0.2) is 4.79 Å². The third-order valence-electron chi connectivity index (χ3n) is 1.29. The van der Waals surface area contributed by atoms with Crippen LogP contribution >= 0.6 is 7.82 Å². The second-order valence-corrected chi connectivity index (χ2v) is 3.96. The Bertz CT molecular complexity index is 291. The number of phosphoric acid groups is 1. The topological polar surface area (TPSA) is 108 Å². The molecule has 0 saturated carbocycles. The Kier molecular flexibility index (Phi) is 20.5. The van der Waals surface area contributed by atoms with Crippen molar-refractivity contribution in [2.75, 3.05) is 26.4 Å². The summed E-state index contributed by atoms with van der Waals surface area (Å²) in [6.07, 6.45) is 0. The van der Waals surface area contributed by atoms with Crippen LogP contribution in [0.1, 0.15) is 6.92 Å². The van der Waals surface area contributed by atoms with Gasteiger partial charge in [0.1, 0.15) is 6.61 Å². The van der Waals surface area contributed by atoms with Gasteiger partial charge in [-0.05, 0) is 6.92 Å². The van der Waals surface area contributed by atoms with Crippen LogP contribution in [0.3, 0.4) is 0 Å². The van der Waals surface area contributed by atoms with E-state index in [1.807, 2.05) is 0 Å². The van der Waals surface area contributed by atoms with Crippen molar-refractivity contribution in [3.63, 3.8) is 0 Å². The molecule has 18 heavy (non-hydrogen) atoms. The second-order valence-electron chi connectivity index (χ2n) is 2.81. The normalized spacial score (nSPS) is 9.94. The van der Waals surface area contributed by atoms with Gasteiger partial charge in [-0.15, -0.1) is 0 Å². The van der Waals surface area contributed by atoms with Crippen molar-refractivity contribution in [2.24, 2.45) is 0 Å². The molecule has 0 aliphatic rings. The first-order chi connectivity index (χ1) is 7.33. The molecule has 0 aliphatic heterocycles. The number of carbonyl (C=O) groups is 1. The summed E-state index contributed by atoms with van der Waals surface area (Å²) in [6, 6.07) is 0. The maximum absolute atomic E-state index is 10.8. The molecule has 94 valence electrons. The van der Waals surface area contributed by atoms with Crippen LogP contribution in [0.5, 0.6) is 0 Å². The largest absolute Gasteiger partial charge is 1.00 e. The van der Waals surface area contributed by atoms with Gasteiger partial charge in [-0.3, -0.25) is 0 Å². The zero-order valence-electron chi connectivity index (χ0n) is 10.8. The number of hydrogen-bond donors (Lipinski definition) is 0. The van der Waals surface area contributed by atoms with E-state index in [2.05, 4.69) is 15.8 Å². The molecular formula is C8H13K2O7P. The number of carbonyl (C=O) groups excluding carboxylic acids is 1. The molecule has 0 aromatic rings. The standard InChI is InChI=1S/C8H15O7P.2K/c1-7(2)8(9)14-5-3-13-4-6-15-16(10,11)12;;/h1,3-6H2,2H3,(H2,10,11,12);;/q;2*+1/p-2. The summed E-state index contributed by atoms with van der Waals surface area (Å²) in [5.41, 5.74) is 0.280. The Morgan fingerprint density at radius 3 is 2.11 bits per heavy atom. The fraction of sp³-hybridized carbons (Fsp3) is 0.625. The van der Waals surface area contributed by atoms with E-state index >= 15 is 0 Å². The number of rotatable bonds is 8. The quantitative estimate of drug-likeness (QED) is 0.143. The van der Waals surface area contributed by atoms with Gasteiger partial charge in [0.05, 0.1) is 27.6 Å². The second kappa shape index (κ2) is 14.5. The smallest absolute Gasteiger partial charge is 0.790 e. The predicted molar refractivity (Wildman–Crippen MR) is 50.2 cm³/mol. The van der Waals surface area contributed by atoms with Crippen LogP contribution in [0, 0.1) is 0 Å². The van der Waals surface area contributed by atoms with Crippen molar-refractivity contribution in [1.82, 2.24) is 0 Å². The fourth-order valence-corrected chi connectivity index (χ4v) is 0.925. The van der Waals surface area contributed by atoms with E-state index in [0.29, 0.717) is 0 Å². The van der Waals surface area contributed by atoms with Gasteiger partial charge >= 0.3 is 109 Å². The molecule has 7 nitrogen and oxygen atoms in total. The van der Waals surface area contributed by atoms with Crippen LogP contribution in [-0.4, -0.2) is 32.4 Å². The monoisotopic (exact) mass is 330 g/mol. The molecule has 0 N–H and O–H groups in total. The summed E-state index contributed by atoms with van der Waals surface area (Å²) in [5, 5.41) is 0. The molecule has 0 aromatic heterocycles. The fourth-order valence-electron chi connectivity index (χ4n) is 0.627. The van der Waals surface area contributed by atoms with Gasteiger partial charge < -0.3 is 28.3 Å². The Labute approximate surface area is 191 Å². The van der Waals surface area contributed by atoms with E-state index in [1.165, 1.54) is 6.92 Å². The van der Waals surface area contributed by atoms with Crippen molar-refractivity contribution < 1.29 is 136 Å². The third kappa shape index (κ3) is 18.6. The molecule has 10 heteroatoms.